The summed E-state index contributed by atoms with van der Waals surface area (Å²) in [4.78, 5) is 11.4. The molecule has 0 N–H and O–H groups in total. The van der Waals surface area contributed by atoms with Crippen LogP contribution < -0.4 is 14.2 Å². The molecule has 0 aliphatic carbocycles. The second-order valence-electron chi connectivity index (χ2n) is 3.96. The molecule has 0 unspecified atom stereocenters. The maximum absolute atomic E-state index is 11.4. The Morgan fingerprint density at radius 1 is 1.06 bits per heavy atom. The van der Waals surface area contributed by atoms with Gasteiger partial charge in [-0.05, 0) is 0 Å². The van der Waals surface area contributed by atoms with Gasteiger partial charge in [0.05, 0.1) is 14.2 Å². The van der Waals surface area contributed by atoms with Gasteiger partial charge >= 0.3 is 0 Å². The van der Waals surface area contributed by atoms with Crippen molar-refractivity contribution in [3.05, 3.63) is 18.2 Å². The van der Waals surface area contributed by atoms with Crippen molar-refractivity contribution in [2.24, 2.45) is 5.92 Å². The second-order valence-corrected chi connectivity index (χ2v) is 3.96. The number of Topliss-reactive ketones (excluding diaryl/α,β-unsaturated/α-hetero) is 1. The summed E-state index contributed by atoms with van der Waals surface area (Å²) < 4.78 is 15.6. The van der Waals surface area contributed by atoms with E-state index in [1.165, 1.54) is 0 Å². The number of ketones is 1. The third kappa shape index (κ3) is 3.98. The molecule has 0 aromatic heterocycles. The highest BCUT2D eigenvalue weighted by Gasteiger charge is 2.09. The van der Waals surface area contributed by atoms with Crippen LogP contribution in [0.25, 0.3) is 0 Å². The first kappa shape index (κ1) is 13.4. The standard InChI is InChI=1S/C13H18O4/c1-9(2)13(14)8-17-12-6-10(15-3)5-11(7-12)16-4/h5-7,9H,8H2,1-4H3. The Labute approximate surface area is 101 Å². The Morgan fingerprint density at radius 3 is 1.94 bits per heavy atom. The van der Waals surface area contributed by atoms with Gasteiger partial charge in [-0.15, -0.1) is 0 Å². The monoisotopic (exact) mass is 238 g/mol. The topological polar surface area (TPSA) is 44.8 Å². The molecule has 17 heavy (non-hydrogen) atoms. The molecule has 0 saturated heterocycles. The van der Waals surface area contributed by atoms with Crippen LogP contribution in [0.5, 0.6) is 17.2 Å². The molecule has 0 bridgehead atoms. The van der Waals surface area contributed by atoms with Crippen molar-refractivity contribution >= 4 is 5.78 Å². The Bertz CT molecular complexity index is 363. The lowest BCUT2D eigenvalue weighted by molar-refractivity contribution is -0.123. The van der Waals surface area contributed by atoms with Crippen molar-refractivity contribution in [1.82, 2.24) is 0 Å². The fraction of sp³-hybridized carbons (Fsp3) is 0.462. The highest BCUT2D eigenvalue weighted by atomic mass is 16.5. The summed E-state index contributed by atoms with van der Waals surface area (Å²) in [6.45, 7) is 3.75. The fourth-order valence-electron chi connectivity index (χ4n) is 1.19. The van der Waals surface area contributed by atoms with E-state index in [2.05, 4.69) is 0 Å². The SMILES string of the molecule is COc1cc(OC)cc(OCC(=O)C(C)C)c1. The lowest BCUT2D eigenvalue weighted by atomic mass is 10.1. The first-order chi connectivity index (χ1) is 8.06. The molecule has 0 amide bonds. The highest BCUT2D eigenvalue weighted by molar-refractivity contribution is 5.81. The van der Waals surface area contributed by atoms with Gasteiger partial charge < -0.3 is 14.2 Å². The fourth-order valence-corrected chi connectivity index (χ4v) is 1.19. The molecular formula is C13H18O4. The van der Waals surface area contributed by atoms with E-state index in [1.54, 1.807) is 32.4 Å². The van der Waals surface area contributed by atoms with Gasteiger partial charge in [0.25, 0.3) is 0 Å². The maximum Gasteiger partial charge on any atom is 0.172 e. The van der Waals surface area contributed by atoms with Gasteiger partial charge in [0.2, 0.25) is 0 Å². The van der Waals surface area contributed by atoms with Crippen molar-refractivity contribution in [1.29, 1.82) is 0 Å². The Hall–Kier alpha value is -1.71. The lowest BCUT2D eigenvalue weighted by Crippen LogP contribution is -2.16. The number of methoxy groups -OCH3 is 2. The predicted molar refractivity (Wildman–Crippen MR) is 64.9 cm³/mol. The van der Waals surface area contributed by atoms with Crippen LogP contribution in [0.2, 0.25) is 0 Å². The molecule has 4 nitrogen and oxygen atoms in total. The van der Waals surface area contributed by atoms with E-state index >= 15 is 0 Å². The first-order valence-electron chi connectivity index (χ1n) is 5.45. The number of ether oxygens (including phenoxy) is 3. The zero-order chi connectivity index (χ0) is 12.8. The molecular weight excluding hydrogens is 220 g/mol. The third-order valence-corrected chi connectivity index (χ3v) is 2.35. The van der Waals surface area contributed by atoms with E-state index in [1.807, 2.05) is 13.8 Å². The van der Waals surface area contributed by atoms with Crippen LogP contribution in [0.4, 0.5) is 0 Å². The smallest absolute Gasteiger partial charge is 0.172 e. The second kappa shape index (κ2) is 6.13. The third-order valence-electron chi connectivity index (χ3n) is 2.35. The minimum Gasteiger partial charge on any atom is -0.496 e. The summed E-state index contributed by atoms with van der Waals surface area (Å²) in [5, 5.41) is 0. The largest absolute Gasteiger partial charge is 0.496 e. The van der Waals surface area contributed by atoms with Gasteiger partial charge in [-0.25, -0.2) is 0 Å². The molecule has 0 radical (unpaired) electrons. The maximum atomic E-state index is 11.4. The van der Waals surface area contributed by atoms with Crippen LogP contribution in [0.15, 0.2) is 18.2 Å². The molecule has 1 aromatic rings. The van der Waals surface area contributed by atoms with Gasteiger partial charge in [0, 0.05) is 24.1 Å². The number of rotatable bonds is 6. The molecule has 0 spiro atoms. The normalized spacial score (nSPS) is 10.2. The van der Waals surface area contributed by atoms with Crippen molar-refractivity contribution in [3.8, 4) is 17.2 Å². The van der Waals surface area contributed by atoms with Gasteiger partial charge in [-0.1, -0.05) is 13.8 Å². The Morgan fingerprint density at radius 2 is 1.53 bits per heavy atom. The molecule has 0 heterocycles. The molecule has 0 aliphatic heterocycles. The average Bonchev–Trinajstić information content (AvgIpc) is 2.35. The summed E-state index contributed by atoms with van der Waals surface area (Å²) in [5.74, 6) is 1.87. The summed E-state index contributed by atoms with van der Waals surface area (Å²) in [6.07, 6.45) is 0. The van der Waals surface area contributed by atoms with Crippen LogP contribution in [0.3, 0.4) is 0 Å². The van der Waals surface area contributed by atoms with Crippen molar-refractivity contribution in [2.75, 3.05) is 20.8 Å². The van der Waals surface area contributed by atoms with E-state index in [4.69, 9.17) is 14.2 Å². The van der Waals surface area contributed by atoms with Crippen molar-refractivity contribution < 1.29 is 19.0 Å². The zero-order valence-corrected chi connectivity index (χ0v) is 10.6. The molecule has 0 aliphatic rings. The molecule has 94 valence electrons. The van der Waals surface area contributed by atoms with Crippen LogP contribution in [0, 0.1) is 5.92 Å². The number of benzene rings is 1. The quantitative estimate of drug-likeness (QED) is 0.763. The molecule has 4 heteroatoms. The number of hydrogen-bond acceptors (Lipinski definition) is 4. The van der Waals surface area contributed by atoms with Gasteiger partial charge in [0.1, 0.15) is 23.9 Å². The molecule has 1 aromatic carbocycles. The first-order valence-corrected chi connectivity index (χ1v) is 5.45. The minimum atomic E-state index is -0.0255. The van der Waals surface area contributed by atoms with Crippen molar-refractivity contribution in [2.45, 2.75) is 13.8 Å². The minimum absolute atomic E-state index is 0.0255. The summed E-state index contributed by atoms with van der Waals surface area (Å²) in [5.41, 5.74) is 0. The van der Waals surface area contributed by atoms with E-state index < -0.39 is 0 Å². The van der Waals surface area contributed by atoms with Crippen molar-refractivity contribution in [3.63, 3.8) is 0 Å². The van der Waals surface area contributed by atoms with Gasteiger partial charge in [-0.2, -0.15) is 0 Å². The highest BCUT2D eigenvalue weighted by Crippen LogP contribution is 2.27. The van der Waals surface area contributed by atoms with Gasteiger partial charge in [-0.3, -0.25) is 4.79 Å². The average molecular weight is 238 g/mol. The Kier molecular flexibility index (Phi) is 4.82. The Balaban J connectivity index is 2.73. The van der Waals surface area contributed by atoms with E-state index in [0.29, 0.717) is 17.2 Å². The van der Waals surface area contributed by atoms with Gasteiger partial charge in [0.15, 0.2) is 5.78 Å². The van der Waals surface area contributed by atoms with Crippen LogP contribution in [-0.2, 0) is 4.79 Å². The van der Waals surface area contributed by atoms with Crippen LogP contribution >= 0.6 is 0 Å². The van der Waals surface area contributed by atoms with Crippen LogP contribution in [0.1, 0.15) is 13.8 Å². The number of carbonyl (C=O) groups excluding carboxylic acids is 1. The number of hydrogen-bond donors (Lipinski definition) is 0. The molecule has 0 saturated carbocycles. The lowest BCUT2D eigenvalue weighted by Gasteiger charge is -2.10. The molecule has 1 rings (SSSR count). The van der Waals surface area contributed by atoms with Crippen LogP contribution in [-0.4, -0.2) is 26.6 Å². The number of carbonyl (C=O) groups is 1. The summed E-state index contributed by atoms with van der Waals surface area (Å²) in [7, 11) is 3.13. The predicted octanol–water partition coefficient (Wildman–Crippen LogP) is 2.31. The van der Waals surface area contributed by atoms with E-state index in [9.17, 15) is 4.79 Å². The zero-order valence-electron chi connectivity index (χ0n) is 10.6. The molecule has 0 fully saturated rings. The van der Waals surface area contributed by atoms with E-state index in [-0.39, 0.29) is 18.3 Å². The summed E-state index contributed by atoms with van der Waals surface area (Å²) >= 11 is 0. The summed E-state index contributed by atoms with van der Waals surface area (Å²) in [6, 6.07) is 5.18. The molecule has 0 atom stereocenters. The van der Waals surface area contributed by atoms with E-state index in [0.717, 1.165) is 0 Å².